The number of likely N-dealkylation sites (N-methyl/N-ethyl adjacent to an activating group) is 1. The van der Waals surface area contributed by atoms with E-state index in [1.54, 1.807) is 0 Å². The van der Waals surface area contributed by atoms with Crippen LogP contribution in [0.5, 0.6) is 0 Å². The quantitative estimate of drug-likeness (QED) is 0.0197. The molecule has 0 aromatic heterocycles. The Bertz CT molecular complexity index is 1090. The molecule has 0 amide bonds. The molecule has 0 aromatic carbocycles. The number of phosphoric acid groups is 1. The van der Waals surface area contributed by atoms with Crippen LogP contribution in [0.3, 0.4) is 0 Å². The van der Waals surface area contributed by atoms with Gasteiger partial charge < -0.3 is 27.9 Å². The second-order valence-corrected chi connectivity index (χ2v) is 21.7. The Hall–Kier alpha value is -1.02. The predicted molar refractivity (Wildman–Crippen MR) is 277 cm³/mol. The van der Waals surface area contributed by atoms with Gasteiger partial charge in [-0.1, -0.05) is 224 Å². The third-order valence-corrected chi connectivity index (χ3v) is 13.4. The van der Waals surface area contributed by atoms with E-state index in [4.69, 9.17) is 18.5 Å². The van der Waals surface area contributed by atoms with Gasteiger partial charge in [-0.15, -0.1) is 0 Å². The molecule has 0 spiro atoms. The van der Waals surface area contributed by atoms with E-state index in [1.807, 2.05) is 21.1 Å². The fourth-order valence-corrected chi connectivity index (χ4v) is 8.86. The number of phosphoric ester groups is 1. The van der Waals surface area contributed by atoms with Crippen molar-refractivity contribution in [2.45, 2.75) is 277 Å². The molecule has 0 saturated carbocycles. The third-order valence-electron chi connectivity index (χ3n) is 12.5. The van der Waals surface area contributed by atoms with Gasteiger partial charge in [0.2, 0.25) is 0 Å². The second kappa shape index (κ2) is 49.4. The van der Waals surface area contributed by atoms with Crippen molar-refractivity contribution < 1.29 is 37.3 Å². The molecular weight excluding hydrogens is 830 g/mol. The summed E-state index contributed by atoms with van der Waals surface area (Å²) in [7, 11) is 1.37. The van der Waals surface area contributed by atoms with E-state index in [-0.39, 0.29) is 25.8 Å². The van der Waals surface area contributed by atoms with Crippen LogP contribution in [0.1, 0.15) is 271 Å². The van der Waals surface area contributed by atoms with Gasteiger partial charge in [0.05, 0.1) is 34.4 Å². The smallest absolute Gasteiger partial charge is 0.306 e. The molecule has 0 rings (SSSR count). The summed E-state index contributed by atoms with van der Waals surface area (Å²) in [6.07, 6.45) is 59.2. The monoisotopic (exact) mass is 940 g/mol. The molecule has 0 aliphatic rings. The maximum absolute atomic E-state index is 12.8. The summed E-state index contributed by atoms with van der Waals surface area (Å²) in [4.78, 5) is 25.2. The van der Waals surface area contributed by atoms with Crippen molar-refractivity contribution in [3.63, 3.8) is 0 Å². The maximum Gasteiger partial charge on any atom is 0.306 e. The van der Waals surface area contributed by atoms with Gasteiger partial charge in [0.15, 0.2) is 0 Å². The number of carbonyl (C=O) groups excluding carboxylic acids is 1. The second-order valence-electron chi connectivity index (χ2n) is 20.3. The van der Waals surface area contributed by atoms with Crippen LogP contribution in [0.15, 0.2) is 24.3 Å². The number of rotatable bonds is 53. The van der Waals surface area contributed by atoms with E-state index < -0.39 is 13.9 Å². The molecule has 0 aliphatic carbocycles. The Morgan fingerprint density at radius 2 is 0.800 bits per heavy atom. The molecule has 0 aliphatic heterocycles. The summed E-state index contributed by atoms with van der Waals surface area (Å²) in [5, 5.41) is 0. The zero-order chi connectivity index (χ0) is 47.6. The number of allylic oxidation sites excluding steroid dienone is 4. The standard InChI is InChI=1S/C56H110NO7P/c1-6-8-10-12-14-16-18-20-22-24-26-28-30-32-34-36-38-40-42-44-46-48-51-61-53-55(54-63-65(59,60)62-52-50-57(3,4)5)64-56(58)49-47-45-43-41-39-37-35-33-31-29-27-25-23-21-19-17-15-13-11-9-7-2/h24-27,55H,6-23,28-54H2,1-5H3/b26-24-,27-25-. The highest BCUT2D eigenvalue weighted by atomic mass is 31.2. The topological polar surface area (TPSA) is 94.1 Å². The highest BCUT2D eigenvalue weighted by Gasteiger charge is 2.20. The molecule has 8 nitrogen and oxygen atoms in total. The lowest BCUT2D eigenvalue weighted by Gasteiger charge is -2.28. The summed E-state index contributed by atoms with van der Waals surface area (Å²) < 4.78 is 34.8. The largest absolute Gasteiger partial charge is 0.756 e. The first-order valence-electron chi connectivity index (χ1n) is 28.1. The Morgan fingerprint density at radius 3 is 1.17 bits per heavy atom. The van der Waals surface area contributed by atoms with Crippen molar-refractivity contribution in [2.24, 2.45) is 0 Å². The molecule has 0 radical (unpaired) electrons. The number of ether oxygens (including phenoxy) is 2. The zero-order valence-corrected chi connectivity index (χ0v) is 44.9. The van der Waals surface area contributed by atoms with E-state index >= 15 is 0 Å². The zero-order valence-electron chi connectivity index (χ0n) is 44.0. The molecule has 0 N–H and O–H groups in total. The summed E-state index contributed by atoms with van der Waals surface area (Å²) in [5.41, 5.74) is 0. The molecule has 0 saturated heterocycles. The first-order chi connectivity index (χ1) is 31.6. The third kappa shape index (κ3) is 53.8. The van der Waals surface area contributed by atoms with Gasteiger partial charge in [-0.25, -0.2) is 0 Å². The SMILES string of the molecule is CCCCCCCCCC/C=C\CCCCCCCCCCCCOCC(COP(=O)([O-])OCC[N+](C)(C)C)OC(=O)CCCCCCCCCCC/C=C\CCCCCCCCCC. The van der Waals surface area contributed by atoms with Gasteiger partial charge in [-0.2, -0.15) is 0 Å². The van der Waals surface area contributed by atoms with Crippen molar-refractivity contribution in [1.82, 2.24) is 0 Å². The average molecular weight is 940 g/mol. The van der Waals surface area contributed by atoms with E-state index in [0.717, 1.165) is 32.1 Å². The van der Waals surface area contributed by atoms with Crippen molar-refractivity contribution in [3.05, 3.63) is 24.3 Å². The minimum Gasteiger partial charge on any atom is -0.756 e. The number of unbranched alkanes of at least 4 members (excludes halogenated alkanes) is 35. The minimum atomic E-state index is -4.53. The number of carbonyl (C=O) groups is 1. The Labute approximate surface area is 404 Å². The normalized spacial score (nSPS) is 13.6. The van der Waals surface area contributed by atoms with Crippen molar-refractivity contribution >= 4 is 13.8 Å². The van der Waals surface area contributed by atoms with Crippen LogP contribution in [0.2, 0.25) is 0 Å². The summed E-state index contributed by atoms with van der Waals surface area (Å²) in [5.74, 6) is -0.332. The van der Waals surface area contributed by atoms with E-state index in [9.17, 15) is 14.3 Å². The van der Waals surface area contributed by atoms with Gasteiger partial charge in [-0.3, -0.25) is 9.36 Å². The van der Waals surface area contributed by atoms with Crippen molar-refractivity contribution in [1.29, 1.82) is 0 Å². The summed E-state index contributed by atoms with van der Waals surface area (Å²) in [6.45, 7) is 5.46. The molecule has 0 aromatic rings. The summed E-state index contributed by atoms with van der Waals surface area (Å²) >= 11 is 0. The molecule has 65 heavy (non-hydrogen) atoms. The Morgan fingerprint density at radius 1 is 0.462 bits per heavy atom. The van der Waals surface area contributed by atoms with Crippen LogP contribution in [0, 0.1) is 0 Å². The van der Waals surface area contributed by atoms with Crippen molar-refractivity contribution in [3.8, 4) is 0 Å². The molecule has 2 atom stereocenters. The maximum atomic E-state index is 12.8. The number of hydrogen-bond donors (Lipinski definition) is 0. The lowest BCUT2D eigenvalue weighted by Crippen LogP contribution is -2.37. The first kappa shape index (κ1) is 64.0. The van der Waals surface area contributed by atoms with Gasteiger partial charge in [0, 0.05) is 13.0 Å². The molecule has 9 heteroatoms. The molecule has 0 heterocycles. The number of nitrogens with zero attached hydrogens (tertiary/aromatic N) is 1. The van der Waals surface area contributed by atoms with Crippen LogP contribution in [0.4, 0.5) is 0 Å². The summed E-state index contributed by atoms with van der Waals surface area (Å²) in [6, 6.07) is 0. The van der Waals surface area contributed by atoms with Crippen LogP contribution >= 0.6 is 7.82 Å². The number of quaternary nitrogens is 1. The van der Waals surface area contributed by atoms with Gasteiger partial charge in [0.1, 0.15) is 19.3 Å². The fourth-order valence-electron chi connectivity index (χ4n) is 8.13. The average Bonchev–Trinajstić information content (AvgIpc) is 3.27. The fraction of sp³-hybridized carbons (Fsp3) is 0.911. The van der Waals surface area contributed by atoms with Gasteiger partial charge in [0.25, 0.3) is 7.82 Å². The molecule has 0 bridgehead atoms. The lowest BCUT2D eigenvalue weighted by atomic mass is 10.1. The highest BCUT2D eigenvalue weighted by molar-refractivity contribution is 7.45. The van der Waals surface area contributed by atoms with Crippen LogP contribution in [-0.4, -0.2) is 70.7 Å². The van der Waals surface area contributed by atoms with E-state index in [2.05, 4.69) is 38.2 Å². The molecule has 386 valence electrons. The van der Waals surface area contributed by atoms with Crippen LogP contribution in [0.25, 0.3) is 0 Å². The highest BCUT2D eigenvalue weighted by Crippen LogP contribution is 2.38. The predicted octanol–water partition coefficient (Wildman–Crippen LogP) is 16.9. The van der Waals surface area contributed by atoms with Gasteiger partial charge in [-0.05, 0) is 64.2 Å². The van der Waals surface area contributed by atoms with E-state index in [1.165, 1.54) is 218 Å². The Kier molecular flexibility index (Phi) is 48.6. The molecule has 2 unspecified atom stereocenters. The number of hydrogen-bond acceptors (Lipinski definition) is 7. The molecule has 0 fully saturated rings. The minimum absolute atomic E-state index is 0.0274. The van der Waals surface area contributed by atoms with Gasteiger partial charge >= 0.3 is 5.97 Å². The van der Waals surface area contributed by atoms with E-state index in [0.29, 0.717) is 24.1 Å². The number of esters is 1. The lowest BCUT2D eigenvalue weighted by molar-refractivity contribution is -0.870. The first-order valence-corrected chi connectivity index (χ1v) is 29.5. The van der Waals surface area contributed by atoms with Crippen LogP contribution < -0.4 is 4.89 Å². The molecular formula is C56H110NO7P. The Balaban J connectivity index is 4.07. The van der Waals surface area contributed by atoms with Crippen molar-refractivity contribution in [2.75, 3.05) is 54.1 Å². The van der Waals surface area contributed by atoms with Crippen LogP contribution in [-0.2, 0) is 27.9 Å².